The first-order valence-electron chi connectivity index (χ1n) is 9.91. The van der Waals surface area contributed by atoms with Crippen molar-refractivity contribution < 1.29 is 18.8 Å². The van der Waals surface area contributed by atoms with Gasteiger partial charge in [0, 0.05) is 23.1 Å². The molecule has 33 heavy (non-hydrogen) atoms. The monoisotopic (exact) mass is 468 g/mol. The maximum Gasteiger partial charge on any atom is 0.311 e. The second-order valence-corrected chi connectivity index (χ2v) is 7.43. The summed E-state index contributed by atoms with van der Waals surface area (Å²) in [6.45, 7) is 2.13. The molecule has 0 atom stereocenters. The lowest BCUT2D eigenvalue weighted by molar-refractivity contribution is -0.385. The van der Waals surface area contributed by atoms with Gasteiger partial charge in [-0.15, -0.1) is 0 Å². The third kappa shape index (κ3) is 4.78. The summed E-state index contributed by atoms with van der Waals surface area (Å²) < 4.78 is 24.4. The predicted molar refractivity (Wildman–Crippen MR) is 123 cm³/mol. The van der Waals surface area contributed by atoms with Crippen molar-refractivity contribution in [2.24, 2.45) is 0 Å². The molecule has 8 nitrogen and oxygen atoms in total. The van der Waals surface area contributed by atoms with Gasteiger partial charge < -0.3 is 15.2 Å². The minimum absolute atomic E-state index is 0.0868. The van der Waals surface area contributed by atoms with Crippen LogP contribution in [0.1, 0.15) is 12.5 Å². The Labute approximate surface area is 192 Å². The Bertz CT molecular complexity index is 1370. The van der Waals surface area contributed by atoms with Gasteiger partial charge in [-0.1, -0.05) is 23.7 Å². The van der Waals surface area contributed by atoms with Gasteiger partial charge in [-0.05, 0) is 42.8 Å². The maximum atomic E-state index is 13.3. The molecule has 0 aliphatic rings. The number of halogens is 2. The first-order valence-corrected chi connectivity index (χ1v) is 10.3. The van der Waals surface area contributed by atoms with E-state index in [4.69, 9.17) is 26.8 Å². The van der Waals surface area contributed by atoms with Crippen molar-refractivity contribution in [3.8, 4) is 22.9 Å². The van der Waals surface area contributed by atoms with Gasteiger partial charge in [0.25, 0.3) is 0 Å². The number of hydrogen-bond acceptors (Lipinski definition) is 7. The Morgan fingerprint density at radius 2 is 1.91 bits per heavy atom. The highest BCUT2D eigenvalue weighted by atomic mass is 35.5. The van der Waals surface area contributed by atoms with E-state index in [1.54, 1.807) is 37.3 Å². The Morgan fingerprint density at radius 3 is 2.61 bits per heavy atom. The van der Waals surface area contributed by atoms with E-state index >= 15 is 0 Å². The molecule has 0 saturated carbocycles. The summed E-state index contributed by atoms with van der Waals surface area (Å²) in [6, 6.07) is 13.9. The number of nitro groups is 1. The number of anilines is 1. The predicted octanol–water partition coefficient (Wildman–Crippen LogP) is 5.56. The first-order chi connectivity index (χ1) is 15.9. The molecule has 0 spiro atoms. The summed E-state index contributed by atoms with van der Waals surface area (Å²) in [5.41, 5.74) is 7.50. The smallest absolute Gasteiger partial charge is 0.311 e. The number of hydrogen-bond donors (Lipinski definition) is 1. The number of benzene rings is 3. The molecular formula is C23H18ClFN4O4. The maximum absolute atomic E-state index is 13.3. The van der Waals surface area contributed by atoms with Crippen molar-refractivity contribution in [3.63, 3.8) is 0 Å². The average molecular weight is 469 g/mol. The quantitative estimate of drug-likeness (QED) is 0.279. The number of aromatic nitrogens is 2. The molecule has 0 bridgehead atoms. The van der Waals surface area contributed by atoms with Gasteiger partial charge in [-0.3, -0.25) is 10.1 Å². The molecule has 2 N–H and O–H groups in total. The molecule has 1 aromatic heterocycles. The van der Waals surface area contributed by atoms with Gasteiger partial charge in [0.05, 0.1) is 22.1 Å². The second kappa shape index (κ2) is 9.25. The lowest BCUT2D eigenvalue weighted by Gasteiger charge is -2.11. The third-order valence-corrected chi connectivity index (χ3v) is 5.07. The Hall–Kier alpha value is -3.98. The van der Waals surface area contributed by atoms with Gasteiger partial charge in [-0.25, -0.2) is 14.4 Å². The van der Waals surface area contributed by atoms with Gasteiger partial charge in [0.2, 0.25) is 0 Å². The van der Waals surface area contributed by atoms with E-state index in [9.17, 15) is 14.5 Å². The molecule has 0 aliphatic carbocycles. The molecule has 1 heterocycles. The Morgan fingerprint density at radius 1 is 1.09 bits per heavy atom. The highest BCUT2D eigenvalue weighted by Crippen LogP contribution is 2.35. The molecular weight excluding hydrogens is 451 g/mol. The largest absolute Gasteiger partial charge is 0.487 e. The van der Waals surface area contributed by atoms with Crippen molar-refractivity contribution >= 4 is 34.0 Å². The number of ether oxygens (including phenoxy) is 2. The van der Waals surface area contributed by atoms with Crippen LogP contribution in [0.3, 0.4) is 0 Å². The van der Waals surface area contributed by atoms with E-state index in [-0.39, 0.29) is 42.1 Å². The zero-order valence-electron chi connectivity index (χ0n) is 17.4. The zero-order valence-corrected chi connectivity index (χ0v) is 18.2. The number of fused-ring (bicyclic) bond motifs is 1. The van der Waals surface area contributed by atoms with Crippen LogP contribution in [0.15, 0.2) is 54.6 Å². The summed E-state index contributed by atoms with van der Waals surface area (Å²) in [7, 11) is 0. The lowest BCUT2D eigenvalue weighted by atomic mass is 10.1. The second-order valence-electron chi connectivity index (χ2n) is 7.02. The van der Waals surface area contributed by atoms with Crippen molar-refractivity contribution in [2.75, 3.05) is 12.3 Å². The van der Waals surface area contributed by atoms with E-state index in [1.165, 1.54) is 24.3 Å². The number of rotatable bonds is 7. The fourth-order valence-electron chi connectivity index (χ4n) is 3.26. The van der Waals surface area contributed by atoms with Gasteiger partial charge in [0.15, 0.2) is 11.6 Å². The van der Waals surface area contributed by atoms with Crippen LogP contribution in [0.2, 0.25) is 5.02 Å². The summed E-state index contributed by atoms with van der Waals surface area (Å²) in [4.78, 5) is 19.6. The Balaban J connectivity index is 1.66. The minimum atomic E-state index is -0.542. The molecule has 168 valence electrons. The summed E-state index contributed by atoms with van der Waals surface area (Å²) in [5.74, 6) is 0.533. The van der Waals surface area contributed by atoms with E-state index in [2.05, 4.69) is 9.97 Å². The van der Waals surface area contributed by atoms with E-state index < -0.39 is 4.92 Å². The number of nitro benzene ring substituents is 1. The molecule has 10 heteroatoms. The fourth-order valence-corrected chi connectivity index (χ4v) is 3.49. The van der Waals surface area contributed by atoms with Crippen molar-refractivity contribution in [2.45, 2.75) is 13.5 Å². The molecule has 4 aromatic rings. The van der Waals surface area contributed by atoms with Crippen LogP contribution in [0.5, 0.6) is 11.5 Å². The van der Waals surface area contributed by atoms with Gasteiger partial charge in [0.1, 0.15) is 24.0 Å². The first kappa shape index (κ1) is 22.2. The van der Waals surface area contributed by atoms with Crippen LogP contribution in [-0.2, 0) is 6.61 Å². The van der Waals surface area contributed by atoms with Crippen LogP contribution >= 0.6 is 11.6 Å². The van der Waals surface area contributed by atoms with Crippen LogP contribution in [0, 0.1) is 15.9 Å². The normalized spacial score (nSPS) is 10.9. The summed E-state index contributed by atoms with van der Waals surface area (Å²) >= 11 is 6.38. The van der Waals surface area contributed by atoms with E-state index in [0.717, 1.165) is 0 Å². The van der Waals surface area contributed by atoms with E-state index in [1.807, 2.05) is 0 Å². The van der Waals surface area contributed by atoms with Gasteiger partial charge >= 0.3 is 5.69 Å². The SMILES string of the molecule is CCOc1cc2nc(-c3ccc(OCc4cccc(F)c4)c(Cl)c3)nc(N)c2cc1[N+](=O)[O-]. The molecule has 0 fully saturated rings. The molecule has 0 radical (unpaired) electrons. The van der Waals surface area contributed by atoms with Crippen molar-refractivity contribution in [1.29, 1.82) is 0 Å². The Kier molecular flexibility index (Phi) is 6.23. The fraction of sp³-hybridized carbons (Fsp3) is 0.130. The van der Waals surface area contributed by atoms with Crippen molar-refractivity contribution in [1.82, 2.24) is 9.97 Å². The van der Waals surface area contributed by atoms with Crippen molar-refractivity contribution in [3.05, 3.63) is 81.1 Å². The topological polar surface area (TPSA) is 113 Å². The minimum Gasteiger partial charge on any atom is -0.487 e. The van der Waals surface area contributed by atoms with Crippen LogP contribution in [0.4, 0.5) is 15.9 Å². The standard InChI is InChI=1S/C23H18ClFN4O4/c1-2-32-21-11-18-16(10-19(21)29(30)31)22(26)28-23(27-18)14-6-7-20(17(24)9-14)33-12-13-4-3-5-15(25)8-13/h3-11H,2,12H2,1H3,(H2,26,27,28). The lowest BCUT2D eigenvalue weighted by Crippen LogP contribution is -2.02. The molecule has 3 aromatic carbocycles. The van der Waals surface area contributed by atoms with Crippen LogP contribution < -0.4 is 15.2 Å². The summed E-state index contributed by atoms with van der Waals surface area (Å²) in [6.07, 6.45) is 0. The summed E-state index contributed by atoms with van der Waals surface area (Å²) in [5, 5.41) is 12.0. The van der Waals surface area contributed by atoms with Crippen LogP contribution in [0.25, 0.3) is 22.3 Å². The number of nitrogens with zero attached hydrogens (tertiary/aromatic N) is 3. The van der Waals surface area contributed by atoms with Gasteiger partial charge in [-0.2, -0.15) is 0 Å². The molecule has 0 amide bonds. The highest BCUT2D eigenvalue weighted by molar-refractivity contribution is 6.32. The van der Waals surface area contributed by atoms with E-state index in [0.29, 0.717) is 32.8 Å². The number of nitrogen functional groups attached to an aromatic ring is 1. The third-order valence-electron chi connectivity index (χ3n) is 4.78. The molecule has 0 unspecified atom stereocenters. The zero-order chi connectivity index (χ0) is 23.5. The average Bonchev–Trinajstić information content (AvgIpc) is 2.78. The van der Waals surface area contributed by atoms with Crippen LogP contribution in [-0.4, -0.2) is 21.5 Å². The molecule has 0 saturated heterocycles. The molecule has 0 aliphatic heterocycles. The number of nitrogens with two attached hydrogens (primary N) is 1. The highest BCUT2D eigenvalue weighted by Gasteiger charge is 2.20. The molecule has 4 rings (SSSR count).